The van der Waals surface area contributed by atoms with Crippen LogP contribution in [-0.4, -0.2) is 23.8 Å². The van der Waals surface area contributed by atoms with E-state index in [1.165, 1.54) is 19.9 Å². The molecule has 0 radical (unpaired) electrons. The van der Waals surface area contributed by atoms with Crippen LogP contribution in [0.1, 0.15) is 29.8 Å². The predicted octanol–water partition coefficient (Wildman–Crippen LogP) is 4.24. The predicted molar refractivity (Wildman–Crippen MR) is 104 cm³/mol. The zero-order valence-corrected chi connectivity index (χ0v) is 15.9. The van der Waals surface area contributed by atoms with Gasteiger partial charge in [0.1, 0.15) is 0 Å². The quantitative estimate of drug-likeness (QED) is 0.435. The second-order valence-corrected chi connectivity index (χ2v) is 6.50. The van der Waals surface area contributed by atoms with Crippen LogP contribution in [0.3, 0.4) is 0 Å². The standard InChI is InChI=1S/C20H18BrNO4/c1-13(23)16-6-10-18(11-7-16)22-20(25)14(2)26-19(24)12-5-15-3-8-17(21)9-4-15/h3-12,14H,1-2H3,(H,22,25)/b12-5+. The number of anilines is 1. The SMILES string of the molecule is CC(=O)c1ccc(NC(=O)C(C)OC(=O)/C=C/c2ccc(Br)cc2)cc1. The van der Waals surface area contributed by atoms with Gasteiger partial charge in [0, 0.05) is 21.8 Å². The number of benzene rings is 2. The summed E-state index contributed by atoms with van der Waals surface area (Å²) in [6, 6.07) is 13.9. The Hall–Kier alpha value is -2.73. The number of amides is 1. The normalized spacial score (nSPS) is 11.8. The summed E-state index contributed by atoms with van der Waals surface area (Å²) < 4.78 is 6.03. The molecule has 0 saturated heterocycles. The molecule has 2 rings (SSSR count). The highest BCUT2D eigenvalue weighted by Crippen LogP contribution is 2.12. The maximum Gasteiger partial charge on any atom is 0.331 e. The summed E-state index contributed by atoms with van der Waals surface area (Å²) in [7, 11) is 0. The minimum absolute atomic E-state index is 0.0530. The number of carbonyl (C=O) groups is 3. The van der Waals surface area contributed by atoms with Crippen molar-refractivity contribution in [3.63, 3.8) is 0 Å². The molecule has 0 aromatic heterocycles. The molecule has 2 aromatic carbocycles. The first-order valence-electron chi connectivity index (χ1n) is 7.91. The van der Waals surface area contributed by atoms with Crippen molar-refractivity contribution in [1.29, 1.82) is 0 Å². The number of rotatable bonds is 6. The van der Waals surface area contributed by atoms with Gasteiger partial charge in [-0.05, 0) is 61.9 Å². The summed E-state index contributed by atoms with van der Waals surface area (Å²) in [6.07, 6.45) is 1.93. The molecule has 0 saturated carbocycles. The fourth-order valence-electron chi connectivity index (χ4n) is 2.04. The van der Waals surface area contributed by atoms with Crippen molar-refractivity contribution < 1.29 is 19.1 Å². The molecule has 2 aromatic rings. The summed E-state index contributed by atoms with van der Waals surface area (Å²) in [6.45, 7) is 2.96. The molecule has 0 aliphatic heterocycles. The highest BCUT2D eigenvalue weighted by Gasteiger charge is 2.16. The van der Waals surface area contributed by atoms with Gasteiger partial charge in [0.2, 0.25) is 0 Å². The van der Waals surface area contributed by atoms with Gasteiger partial charge in [-0.15, -0.1) is 0 Å². The Kier molecular flexibility index (Phi) is 6.86. The largest absolute Gasteiger partial charge is 0.449 e. The number of Topliss-reactive ketones (excluding diaryl/α,β-unsaturated/α-hetero) is 1. The number of nitrogens with one attached hydrogen (secondary N) is 1. The van der Waals surface area contributed by atoms with Gasteiger partial charge < -0.3 is 10.1 Å². The van der Waals surface area contributed by atoms with Gasteiger partial charge in [0.15, 0.2) is 11.9 Å². The van der Waals surface area contributed by atoms with Crippen LogP contribution < -0.4 is 5.32 Å². The molecule has 6 heteroatoms. The number of ketones is 1. The number of esters is 1. The van der Waals surface area contributed by atoms with Crippen molar-refractivity contribution in [1.82, 2.24) is 0 Å². The van der Waals surface area contributed by atoms with E-state index < -0.39 is 18.0 Å². The molecule has 0 heterocycles. The smallest absolute Gasteiger partial charge is 0.331 e. The molecule has 0 aliphatic rings. The summed E-state index contributed by atoms with van der Waals surface area (Å²) in [4.78, 5) is 35.2. The van der Waals surface area contributed by atoms with E-state index in [1.54, 1.807) is 30.3 Å². The van der Waals surface area contributed by atoms with Crippen molar-refractivity contribution in [2.45, 2.75) is 20.0 Å². The van der Waals surface area contributed by atoms with E-state index in [4.69, 9.17) is 4.74 Å². The van der Waals surface area contributed by atoms with E-state index in [0.717, 1.165) is 10.0 Å². The van der Waals surface area contributed by atoms with Gasteiger partial charge in [-0.3, -0.25) is 9.59 Å². The Balaban J connectivity index is 1.88. The van der Waals surface area contributed by atoms with E-state index in [2.05, 4.69) is 21.2 Å². The zero-order valence-electron chi connectivity index (χ0n) is 14.4. The first kappa shape index (κ1) is 19.6. The summed E-state index contributed by atoms with van der Waals surface area (Å²) >= 11 is 3.34. The Labute approximate surface area is 160 Å². The fraction of sp³-hybridized carbons (Fsp3) is 0.150. The Bertz CT molecular complexity index is 826. The molecule has 1 atom stereocenters. The van der Waals surface area contributed by atoms with E-state index in [9.17, 15) is 14.4 Å². The van der Waals surface area contributed by atoms with Crippen LogP contribution in [0, 0.1) is 0 Å². The van der Waals surface area contributed by atoms with Crippen LogP contribution in [0.25, 0.3) is 6.08 Å². The van der Waals surface area contributed by atoms with Crippen LogP contribution >= 0.6 is 15.9 Å². The molecule has 5 nitrogen and oxygen atoms in total. The lowest BCUT2D eigenvalue weighted by Gasteiger charge is -2.12. The number of halogens is 1. The van der Waals surface area contributed by atoms with Crippen LogP contribution in [-0.2, 0) is 14.3 Å². The first-order chi connectivity index (χ1) is 12.3. The zero-order chi connectivity index (χ0) is 19.1. The number of hydrogen-bond donors (Lipinski definition) is 1. The highest BCUT2D eigenvalue weighted by atomic mass is 79.9. The van der Waals surface area contributed by atoms with Crippen molar-refractivity contribution in [3.8, 4) is 0 Å². The molecular formula is C20H18BrNO4. The van der Waals surface area contributed by atoms with Gasteiger partial charge in [-0.25, -0.2) is 4.79 Å². The van der Waals surface area contributed by atoms with Crippen molar-refractivity contribution in [2.75, 3.05) is 5.32 Å². The lowest BCUT2D eigenvalue weighted by molar-refractivity contribution is -0.148. The van der Waals surface area contributed by atoms with E-state index >= 15 is 0 Å². The average Bonchev–Trinajstić information content (AvgIpc) is 2.61. The van der Waals surface area contributed by atoms with Gasteiger partial charge in [0.25, 0.3) is 5.91 Å². The first-order valence-corrected chi connectivity index (χ1v) is 8.70. The minimum atomic E-state index is -0.954. The molecule has 0 bridgehead atoms. The summed E-state index contributed by atoms with van der Waals surface area (Å²) in [5.41, 5.74) is 1.92. The molecule has 134 valence electrons. The molecular weight excluding hydrogens is 398 g/mol. The second kappa shape index (κ2) is 9.10. The number of hydrogen-bond acceptors (Lipinski definition) is 4. The van der Waals surface area contributed by atoms with Crippen molar-refractivity contribution in [2.24, 2.45) is 0 Å². The molecule has 26 heavy (non-hydrogen) atoms. The summed E-state index contributed by atoms with van der Waals surface area (Å²) in [5, 5.41) is 2.64. The monoisotopic (exact) mass is 415 g/mol. The molecule has 1 unspecified atom stereocenters. The van der Waals surface area contributed by atoms with E-state index in [-0.39, 0.29) is 5.78 Å². The van der Waals surface area contributed by atoms with E-state index in [1.807, 2.05) is 24.3 Å². The molecule has 1 amide bonds. The van der Waals surface area contributed by atoms with Crippen molar-refractivity contribution >= 4 is 45.4 Å². The van der Waals surface area contributed by atoms with Gasteiger partial charge >= 0.3 is 5.97 Å². The topological polar surface area (TPSA) is 72.5 Å². The second-order valence-electron chi connectivity index (χ2n) is 5.59. The van der Waals surface area contributed by atoms with Gasteiger partial charge in [-0.2, -0.15) is 0 Å². The lowest BCUT2D eigenvalue weighted by Crippen LogP contribution is -2.29. The molecule has 1 N–H and O–H groups in total. The van der Waals surface area contributed by atoms with Crippen molar-refractivity contribution in [3.05, 3.63) is 70.2 Å². The summed E-state index contributed by atoms with van der Waals surface area (Å²) in [5.74, 6) is -1.11. The molecule has 0 fully saturated rings. The Morgan fingerprint density at radius 2 is 1.65 bits per heavy atom. The maximum atomic E-state index is 12.1. The third-order valence-corrected chi connectivity index (χ3v) is 4.03. The number of ether oxygens (including phenoxy) is 1. The minimum Gasteiger partial charge on any atom is -0.449 e. The average molecular weight is 416 g/mol. The van der Waals surface area contributed by atoms with Gasteiger partial charge in [-0.1, -0.05) is 28.1 Å². The van der Waals surface area contributed by atoms with Crippen LogP contribution in [0.5, 0.6) is 0 Å². The third kappa shape index (κ3) is 5.97. The third-order valence-electron chi connectivity index (χ3n) is 3.50. The van der Waals surface area contributed by atoms with Crippen LogP contribution in [0.2, 0.25) is 0 Å². The van der Waals surface area contributed by atoms with Crippen LogP contribution in [0.4, 0.5) is 5.69 Å². The maximum absolute atomic E-state index is 12.1. The van der Waals surface area contributed by atoms with Crippen LogP contribution in [0.15, 0.2) is 59.1 Å². The van der Waals surface area contributed by atoms with E-state index in [0.29, 0.717) is 11.3 Å². The Morgan fingerprint density at radius 1 is 1.04 bits per heavy atom. The molecule has 0 aliphatic carbocycles. The fourth-order valence-corrected chi connectivity index (χ4v) is 2.30. The highest BCUT2D eigenvalue weighted by molar-refractivity contribution is 9.10. The van der Waals surface area contributed by atoms with Gasteiger partial charge in [0.05, 0.1) is 0 Å². The lowest BCUT2D eigenvalue weighted by atomic mass is 10.1. The molecule has 0 spiro atoms. The Morgan fingerprint density at radius 3 is 2.23 bits per heavy atom. The number of carbonyl (C=O) groups excluding carboxylic acids is 3.